The van der Waals surface area contributed by atoms with Gasteiger partial charge in [0.05, 0.1) is 0 Å². The zero-order valence-corrected chi connectivity index (χ0v) is 14.0. The second kappa shape index (κ2) is 9.79. The van der Waals surface area contributed by atoms with E-state index in [0.717, 1.165) is 62.0 Å². The van der Waals surface area contributed by atoms with E-state index in [4.69, 9.17) is 4.74 Å². The number of methoxy groups -OCH3 is 1. The summed E-state index contributed by atoms with van der Waals surface area (Å²) in [5, 5.41) is 6.73. The number of hydrogen-bond acceptors (Lipinski definition) is 5. The third-order valence-electron chi connectivity index (χ3n) is 3.43. The molecular weight excluding hydrogens is 288 g/mol. The van der Waals surface area contributed by atoms with E-state index in [-0.39, 0.29) is 0 Å². The number of aromatic nitrogens is 2. The van der Waals surface area contributed by atoms with Gasteiger partial charge in [-0.1, -0.05) is 43.7 Å². The lowest BCUT2D eigenvalue weighted by atomic mass is 10.2. The van der Waals surface area contributed by atoms with Gasteiger partial charge in [-0.05, 0) is 12.8 Å². The number of nitrogens with one attached hydrogen (secondary N) is 2. The van der Waals surface area contributed by atoms with Crippen molar-refractivity contribution in [3.63, 3.8) is 0 Å². The average molecular weight is 314 g/mol. The highest BCUT2D eigenvalue weighted by atomic mass is 16.5. The molecule has 0 atom stereocenters. The van der Waals surface area contributed by atoms with E-state index in [0.29, 0.717) is 0 Å². The Labute approximate surface area is 138 Å². The van der Waals surface area contributed by atoms with Crippen LogP contribution in [0.2, 0.25) is 0 Å². The zero-order valence-electron chi connectivity index (χ0n) is 14.0. The summed E-state index contributed by atoms with van der Waals surface area (Å²) in [5.74, 6) is 2.44. The molecule has 0 amide bonds. The molecule has 2 N–H and O–H groups in total. The molecule has 0 bridgehead atoms. The van der Waals surface area contributed by atoms with Crippen LogP contribution in [0, 0.1) is 0 Å². The van der Waals surface area contributed by atoms with Crippen LogP contribution in [0.5, 0.6) is 0 Å². The number of anilines is 2. The van der Waals surface area contributed by atoms with Gasteiger partial charge in [0.2, 0.25) is 0 Å². The molecule has 1 aromatic carbocycles. The van der Waals surface area contributed by atoms with Crippen molar-refractivity contribution in [2.75, 3.05) is 37.4 Å². The fraction of sp³-hybridized carbons (Fsp3) is 0.444. The molecule has 23 heavy (non-hydrogen) atoms. The Balaban J connectivity index is 2.14. The number of unbranched alkanes of at least 4 members (excludes halogenated alkanes) is 1. The molecule has 0 radical (unpaired) electrons. The van der Waals surface area contributed by atoms with Crippen molar-refractivity contribution in [3.8, 4) is 11.4 Å². The molecule has 0 saturated carbocycles. The van der Waals surface area contributed by atoms with Crippen molar-refractivity contribution in [3.05, 3.63) is 36.4 Å². The van der Waals surface area contributed by atoms with Gasteiger partial charge in [0.1, 0.15) is 11.6 Å². The molecule has 0 aliphatic rings. The van der Waals surface area contributed by atoms with Crippen LogP contribution in [0.4, 0.5) is 11.6 Å². The Hall–Kier alpha value is -2.14. The smallest absolute Gasteiger partial charge is 0.163 e. The number of ether oxygens (including phenoxy) is 1. The summed E-state index contributed by atoms with van der Waals surface area (Å²) >= 11 is 0. The van der Waals surface area contributed by atoms with E-state index in [1.54, 1.807) is 7.11 Å². The van der Waals surface area contributed by atoms with Gasteiger partial charge in [-0.3, -0.25) is 0 Å². The molecule has 0 aliphatic heterocycles. The van der Waals surface area contributed by atoms with Crippen LogP contribution in [0.3, 0.4) is 0 Å². The molecule has 0 fully saturated rings. The van der Waals surface area contributed by atoms with E-state index in [1.807, 2.05) is 36.4 Å². The van der Waals surface area contributed by atoms with E-state index in [9.17, 15) is 0 Å². The Morgan fingerprint density at radius 2 is 1.61 bits per heavy atom. The largest absolute Gasteiger partial charge is 0.385 e. The first-order chi connectivity index (χ1) is 11.3. The predicted octanol–water partition coefficient (Wildman–Crippen LogP) is 3.80. The number of nitrogens with zero attached hydrogens (tertiary/aromatic N) is 2. The van der Waals surface area contributed by atoms with Crippen LogP contribution >= 0.6 is 0 Å². The lowest BCUT2D eigenvalue weighted by molar-refractivity contribution is 0.198. The van der Waals surface area contributed by atoms with Crippen molar-refractivity contribution in [1.29, 1.82) is 0 Å². The van der Waals surface area contributed by atoms with E-state index < -0.39 is 0 Å². The molecule has 1 heterocycles. The molecule has 1 aromatic heterocycles. The Bertz CT molecular complexity index is 574. The molecule has 2 rings (SSSR count). The summed E-state index contributed by atoms with van der Waals surface area (Å²) in [6.07, 6.45) is 3.23. The van der Waals surface area contributed by atoms with Crippen LogP contribution < -0.4 is 10.6 Å². The second-order valence-corrected chi connectivity index (χ2v) is 5.38. The highest BCUT2D eigenvalue weighted by Crippen LogP contribution is 2.20. The topological polar surface area (TPSA) is 59.1 Å². The third-order valence-corrected chi connectivity index (χ3v) is 3.43. The predicted molar refractivity (Wildman–Crippen MR) is 95.8 cm³/mol. The minimum atomic E-state index is 0.737. The van der Waals surface area contributed by atoms with E-state index in [2.05, 4.69) is 27.5 Å². The van der Waals surface area contributed by atoms with Gasteiger partial charge in [0, 0.05) is 38.4 Å². The first-order valence-electron chi connectivity index (χ1n) is 8.24. The third kappa shape index (κ3) is 5.87. The number of hydrogen-bond donors (Lipinski definition) is 2. The fourth-order valence-corrected chi connectivity index (χ4v) is 2.17. The van der Waals surface area contributed by atoms with Crippen LogP contribution in [-0.4, -0.2) is 36.8 Å². The maximum atomic E-state index is 5.08. The van der Waals surface area contributed by atoms with Crippen molar-refractivity contribution in [2.24, 2.45) is 0 Å². The SMILES string of the molecule is CCCCNc1cc(NCCCOC)nc(-c2ccccc2)n1. The highest BCUT2D eigenvalue weighted by Gasteiger charge is 2.06. The van der Waals surface area contributed by atoms with Crippen molar-refractivity contribution in [1.82, 2.24) is 9.97 Å². The fourth-order valence-electron chi connectivity index (χ4n) is 2.17. The van der Waals surface area contributed by atoms with E-state index in [1.165, 1.54) is 0 Å². The molecule has 0 saturated heterocycles. The molecule has 124 valence electrons. The molecular formula is C18H26N4O. The van der Waals surface area contributed by atoms with Crippen LogP contribution in [0.15, 0.2) is 36.4 Å². The van der Waals surface area contributed by atoms with Crippen molar-refractivity contribution < 1.29 is 4.74 Å². The number of rotatable bonds is 10. The summed E-state index contributed by atoms with van der Waals surface area (Å²) in [6, 6.07) is 12.0. The maximum Gasteiger partial charge on any atom is 0.163 e. The summed E-state index contributed by atoms with van der Waals surface area (Å²) in [4.78, 5) is 9.26. The van der Waals surface area contributed by atoms with Gasteiger partial charge < -0.3 is 15.4 Å². The lowest BCUT2D eigenvalue weighted by Gasteiger charge is -2.11. The highest BCUT2D eigenvalue weighted by molar-refractivity contribution is 5.61. The lowest BCUT2D eigenvalue weighted by Crippen LogP contribution is -2.09. The Morgan fingerprint density at radius 1 is 0.957 bits per heavy atom. The molecule has 0 aliphatic carbocycles. The molecule has 0 spiro atoms. The molecule has 5 heteroatoms. The van der Waals surface area contributed by atoms with Crippen molar-refractivity contribution >= 4 is 11.6 Å². The first-order valence-corrected chi connectivity index (χ1v) is 8.24. The minimum Gasteiger partial charge on any atom is -0.385 e. The Kier molecular flexibility index (Phi) is 7.33. The van der Waals surface area contributed by atoms with Gasteiger partial charge in [-0.25, -0.2) is 9.97 Å². The van der Waals surface area contributed by atoms with E-state index >= 15 is 0 Å². The first kappa shape index (κ1) is 17.2. The second-order valence-electron chi connectivity index (χ2n) is 5.38. The monoisotopic (exact) mass is 314 g/mol. The molecule has 0 unspecified atom stereocenters. The minimum absolute atomic E-state index is 0.737. The van der Waals surface area contributed by atoms with Gasteiger partial charge in [-0.15, -0.1) is 0 Å². The normalized spacial score (nSPS) is 10.5. The zero-order chi connectivity index (χ0) is 16.3. The maximum absolute atomic E-state index is 5.08. The number of benzene rings is 1. The summed E-state index contributed by atoms with van der Waals surface area (Å²) in [5.41, 5.74) is 1.02. The van der Waals surface area contributed by atoms with Crippen LogP contribution in [0.25, 0.3) is 11.4 Å². The van der Waals surface area contributed by atoms with Gasteiger partial charge >= 0.3 is 0 Å². The van der Waals surface area contributed by atoms with Gasteiger partial charge in [0.25, 0.3) is 0 Å². The summed E-state index contributed by atoms with van der Waals surface area (Å²) in [7, 11) is 1.72. The van der Waals surface area contributed by atoms with Crippen molar-refractivity contribution in [2.45, 2.75) is 26.2 Å². The standard InChI is InChI=1S/C18H26N4O/c1-3-4-11-19-16-14-17(20-12-8-13-23-2)22-18(21-16)15-9-6-5-7-10-15/h5-7,9-10,14H,3-4,8,11-13H2,1-2H3,(H2,19,20,21,22). The average Bonchev–Trinajstić information content (AvgIpc) is 2.60. The summed E-state index contributed by atoms with van der Waals surface area (Å²) in [6.45, 7) is 4.67. The van der Waals surface area contributed by atoms with Crippen LogP contribution in [0.1, 0.15) is 26.2 Å². The van der Waals surface area contributed by atoms with Gasteiger partial charge in [0.15, 0.2) is 5.82 Å². The van der Waals surface area contributed by atoms with Crippen LogP contribution in [-0.2, 0) is 4.74 Å². The molecule has 2 aromatic rings. The quantitative estimate of drug-likeness (QED) is 0.653. The van der Waals surface area contributed by atoms with Gasteiger partial charge in [-0.2, -0.15) is 0 Å². The summed E-state index contributed by atoms with van der Waals surface area (Å²) < 4.78 is 5.08. The molecule has 5 nitrogen and oxygen atoms in total. The Morgan fingerprint density at radius 3 is 2.22 bits per heavy atom.